The van der Waals surface area contributed by atoms with E-state index in [1.54, 1.807) is 12.1 Å². The third kappa shape index (κ3) is 4.21. The maximum absolute atomic E-state index is 13.5. The van der Waals surface area contributed by atoms with Crippen molar-refractivity contribution in [3.63, 3.8) is 0 Å². The first kappa shape index (κ1) is 20.0. The third-order valence-electron chi connectivity index (χ3n) is 6.46. The molecule has 4 rings (SSSR count). The van der Waals surface area contributed by atoms with Crippen LogP contribution in [-0.2, 0) is 16.9 Å². The van der Waals surface area contributed by atoms with Gasteiger partial charge in [0, 0.05) is 38.6 Å². The number of hydrogen-bond donors (Lipinski definition) is 1. The van der Waals surface area contributed by atoms with Crippen molar-refractivity contribution in [3.8, 4) is 0 Å². The van der Waals surface area contributed by atoms with Crippen molar-refractivity contribution < 1.29 is 14.3 Å². The van der Waals surface area contributed by atoms with Gasteiger partial charge in [-0.1, -0.05) is 55.3 Å². The van der Waals surface area contributed by atoms with E-state index in [1.165, 1.54) is 12.1 Å². The van der Waals surface area contributed by atoms with Gasteiger partial charge in [-0.25, -0.2) is 4.39 Å². The molecular formula is C24H29FN2O2. The van der Waals surface area contributed by atoms with Gasteiger partial charge in [0.25, 0.3) is 5.91 Å². The van der Waals surface area contributed by atoms with Crippen molar-refractivity contribution in [2.45, 2.75) is 37.8 Å². The molecule has 2 fully saturated rings. The number of amides is 1. The quantitative estimate of drug-likeness (QED) is 0.841. The number of carbonyl (C=O) groups excluding carboxylic acids is 1. The van der Waals surface area contributed by atoms with Crippen molar-refractivity contribution in [2.24, 2.45) is 5.92 Å². The van der Waals surface area contributed by atoms with Gasteiger partial charge in [-0.15, -0.1) is 0 Å². The summed E-state index contributed by atoms with van der Waals surface area (Å²) in [5.41, 5.74) is 0.347. The molecule has 29 heavy (non-hydrogen) atoms. The van der Waals surface area contributed by atoms with E-state index in [0.29, 0.717) is 18.7 Å². The van der Waals surface area contributed by atoms with E-state index in [0.717, 1.165) is 50.9 Å². The van der Waals surface area contributed by atoms with Crippen LogP contribution in [0.25, 0.3) is 0 Å². The highest BCUT2D eigenvalue weighted by Gasteiger charge is 2.48. The fraction of sp³-hybridized carbons (Fsp3) is 0.458. The van der Waals surface area contributed by atoms with E-state index >= 15 is 0 Å². The van der Waals surface area contributed by atoms with Gasteiger partial charge in [-0.2, -0.15) is 0 Å². The van der Waals surface area contributed by atoms with Crippen molar-refractivity contribution in [1.29, 1.82) is 0 Å². The second-order valence-corrected chi connectivity index (χ2v) is 8.31. The topological polar surface area (TPSA) is 43.8 Å². The van der Waals surface area contributed by atoms with E-state index < -0.39 is 5.60 Å². The zero-order valence-corrected chi connectivity index (χ0v) is 16.8. The second kappa shape index (κ2) is 8.64. The monoisotopic (exact) mass is 396 g/mol. The third-order valence-corrected chi connectivity index (χ3v) is 6.46. The molecule has 1 aliphatic carbocycles. The number of benzene rings is 2. The number of halogens is 1. The van der Waals surface area contributed by atoms with Gasteiger partial charge in [0.05, 0.1) is 0 Å². The number of carbonyl (C=O) groups is 1. The van der Waals surface area contributed by atoms with E-state index in [1.807, 2.05) is 35.2 Å². The first-order chi connectivity index (χ1) is 14.1. The molecule has 1 saturated carbocycles. The minimum Gasteiger partial charge on any atom is -0.375 e. The molecule has 1 heterocycles. The highest BCUT2D eigenvalue weighted by molar-refractivity contribution is 5.87. The number of rotatable bonds is 5. The SMILES string of the molecule is O=C(N1CCN(Cc2ccc(F)cc2)CC1)[C@](O)(c1ccccc1)C1CCCC1. The molecule has 1 aliphatic heterocycles. The minimum atomic E-state index is -1.43. The maximum atomic E-state index is 13.5. The lowest BCUT2D eigenvalue weighted by molar-refractivity contribution is -0.161. The van der Waals surface area contributed by atoms with Gasteiger partial charge in [-0.3, -0.25) is 9.69 Å². The maximum Gasteiger partial charge on any atom is 0.259 e. The fourth-order valence-corrected chi connectivity index (χ4v) is 4.77. The molecule has 0 spiro atoms. The molecule has 0 unspecified atom stereocenters. The second-order valence-electron chi connectivity index (χ2n) is 8.31. The van der Waals surface area contributed by atoms with Gasteiger partial charge in [0.1, 0.15) is 5.82 Å². The van der Waals surface area contributed by atoms with Crippen LogP contribution >= 0.6 is 0 Å². The average molecular weight is 397 g/mol. The van der Waals surface area contributed by atoms with Gasteiger partial charge in [-0.05, 0) is 36.1 Å². The van der Waals surface area contributed by atoms with Crippen molar-refractivity contribution in [3.05, 3.63) is 71.5 Å². The molecule has 2 aromatic carbocycles. The van der Waals surface area contributed by atoms with Gasteiger partial charge in [0.2, 0.25) is 0 Å². The minimum absolute atomic E-state index is 0.0188. The van der Waals surface area contributed by atoms with E-state index in [9.17, 15) is 14.3 Å². The Morgan fingerprint density at radius 2 is 1.59 bits per heavy atom. The van der Waals surface area contributed by atoms with Crippen LogP contribution in [0, 0.1) is 11.7 Å². The summed E-state index contributed by atoms with van der Waals surface area (Å²) in [6, 6.07) is 16.0. The zero-order valence-electron chi connectivity index (χ0n) is 16.8. The lowest BCUT2D eigenvalue weighted by atomic mass is 9.79. The Morgan fingerprint density at radius 3 is 2.21 bits per heavy atom. The van der Waals surface area contributed by atoms with Crippen LogP contribution in [0.2, 0.25) is 0 Å². The molecule has 1 N–H and O–H groups in total. The standard InChI is InChI=1S/C24H29FN2O2/c25-22-12-10-19(11-13-22)18-26-14-16-27(17-15-26)23(28)24(29,21-8-4-5-9-21)20-6-2-1-3-7-20/h1-3,6-7,10-13,21,29H,4-5,8-9,14-18H2/t24-/m0/s1. The predicted molar refractivity (Wildman–Crippen MR) is 111 cm³/mol. The summed E-state index contributed by atoms with van der Waals surface area (Å²) in [5.74, 6) is -0.400. The molecular weight excluding hydrogens is 367 g/mol. The van der Waals surface area contributed by atoms with E-state index in [2.05, 4.69) is 4.90 Å². The summed E-state index contributed by atoms with van der Waals surface area (Å²) >= 11 is 0. The molecule has 2 aliphatic rings. The highest BCUT2D eigenvalue weighted by Crippen LogP contribution is 2.42. The van der Waals surface area contributed by atoms with E-state index in [4.69, 9.17) is 0 Å². The number of hydrogen-bond acceptors (Lipinski definition) is 3. The van der Waals surface area contributed by atoms with Crippen molar-refractivity contribution in [2.75, 3.05) is 26.2 Å². The average Bonchev–Trinajstić information content (AvgIpc) is 3.31. The van der Waals surface area contributed by atoms with Crippen LogP contribution < -0.4 is 0 Å². The lowest BCUT2D eigenvalue weighted by Crippen LogP contribution is -2.56. The van der Waals surface area contributed by atoms with Crippen LogP contribution in [0.15, 0.2) is 54.6 Å². The summed E-state index contributed by atoms with van der Waals surface area (Å²) in [5, 5.41) is 11.7. The van der Waals surface area contributed by atoms with Crippen molar-refractivity contribution in [1.82, 2.24) is 9.80 Å². The summed E-state index contributed by atoms with van der Waals surface area (Å²) in [7, 11) is 0. The Morgan fingerprint density at radius 1 is 0.966 bits per heavy atom. The number of piperazine rings is 1. The molecule has 4 nitrogen and oxygen atoms in total. The Hall–Kier alpha value is -2.24. The van der Waals surface area contributed by atoms with E-state index in [-0.39, 0.29) is 17.6 Å². The summed E-state index contributed by atoms with van der Waals surface area (Å²) < 4.78 is 13.1. The van der Waals surface area contributed by atoms with Crippen LogP contribution in [0.3, 0.4) is 0 Å². The molecule has 1 atom stereocenters. The molecule has 1 saturated heterocycles. The van der Waals surface area contributed by atoms with Gasteiger partial charge in [0.15, 0.2) is 5.60 Å². The Bertz CT molecular complexity index is 813. The molecule has 0 aromatic heterocycles. The molecule has 1 amide bonds. The molecule has 5 heteroatoms. The Kier molecular flexibility index (Phi) is 5.97. The molecule has 0 bridgehead atoms. The zero-order chi connectivity index (χ0) is 20.3. The fourth-order valence-electron chi connectivity index (χ4n) is 4.77. The van der Waals surface area contributed by atoms with Crippen LogP contribution in [0.1, 0.15) is 36.8 Å². The smallest absolute Gasteiger partial charge is 0.259 e. The van der Waals surface area contributed by atoms with Gasteiger partial charge < -0.3 is 10.0 Å². The molecule has 0 radical (unpaired) electrons. The highest BCUT2D eigenvalue weighted by atomic mass is 19.1. The predicted octanol–water partition coefficient (Wildman–Crippen LogP) is 3.55. The van der Waals surface area contributed by atoms with Crippen LogP contribution in [0.4, 0.5) is 4.39 Å². The molecule has 154 valence electrons. The number of nitrogens with zero attached hydrogens (tertiary/aromatic N) is 2. The number of aliphatic hydroxyl groups is 1. The van der Waals surface area contributed by atoms with Crippen LogP contribution in [-0.4, -0.2) is 47.0 Å². The summed E-state index contributed by atoms with van der Waals surface area (Å²) in [6.45, 7) is 3.44. The normalized spacial score (nSPS) is 20.6. The molecule has 2 aromatic rings. The lowest BCUT2D eigenvalue weighted by Gasteiger charge is -2.41. The first-order valence-electron chi connectivity index (χ1n) is 10.6. The largest absolute Gasteiger partial charge is 0.375 e. The summed E-state index contributed by atoms with van der Waals surface area (Å²) in [6.07, 6.45) is 3.92. The van der Waals surface area contributed by atoms with Crippen LogP contribution in [0.5, 0.6) is 0 Å². The van der Waals surface area contributed by atoms with Gasteiger partial charge >= 0.3 is 0 Å². The summed E-state index contributed by atoms with van der Waals surface area (Å²) in [4.78, 5) is 17.6. The first-order valence-corrected chi connectivity index (χ1v) is 10.6. The Balaban J connectivity index is 1.44. The Labute approximate surface area is 171 Å². The van der Waals surface area contributed by atoms with Crippen molar-refractivity contribution >= 4 is 5.91 Å².